The number of aromatic hydroxyl groups is 1. The number of aryl methyl sites for hydroxylation is 1. The van der Waals surface area contributed by atoms with Crippen LogP contribution in [0.1, 0.15) is 31.9 Å². The first kappa shape index (κ1) is 19.9. The highest BCUT2D eigenvalue weighted by Crippen LogP contribution is 2.26. The average molecular weight is 386 g/mol. The number of likely N-dealkylation sites (tertiary alicyclic amines) is 1. The van der Waals surface area contributed by atoms with Crippen molar-refractivity contribution in [2.75, 3.05) is 23.7 Å². The molecule has 0 saturated carbocycles. The molecule has 3 N–H and O–H groups in total. The summed E-state index contributed by atoms with van der Waals surface area (Å²) in [6.45, 7) is 5.05. The molecular weight excluding hydrogens is 360 g/mol. The van der Waals surface area contributed by atoms with Crippen LogP contribution in [0.2, 0.25) is 0 Å². The maximum absolute atomic E-state index is 12.6. The van der Waals surface area contributed by atoms with E-state index in [0.717, 1.165) is 0 Å². The van der Waals surface area contributed by atoms with E-state index >= 15 is 0 Å². The number of carbonyl (C=O) groups is 2. The number of anilines is 2. The molecule has 1 aromatic carbocycles. The normalized spacial score (nSPS) is 16.5. The molecule has 3 rings (SSSR count). The Morgan fingerprint density at radius 3 is 2.61 bits per heavy atom. The minimum atomic E-state index is -0.279. The van der Waals surface area contributed by atoms with Crippen molar-refractivity contribution in [3.8, 4) is 5.75 Å². The van der Waals surface area contributed by atoms with Crippen LogP contribution in [-0.2, 0) is 9.59 Å². The number of benzene rings is 1. The van der Waals surface area contributed by atoms with Crippen LogP contribution in [0.3, 0.4) is 0 Å². The van der Waals surface area contributed by atoms with Crippen LogP contribution in [0.15, 0.2) is 34.9 Å². The fourth-order valence-electron chi connectivity index (χ4n) is 3.53. The number of hydrogen-bond donors (Lipinski definition) is 3. The summed E-state index contributed by atoms with van der Waals surface area (Å²) in [6.07, 6.45) is 1.98. The monoisotopic (exact) mass is 386 g/mol. The highest BCUT2D eigenvalue weighted by atomic mass is 16.5. The maximum atomic E-state index is 12.6. The Bertz CT molecular complexity index is 827. The van der Waals surface area contributed by atoms with Crippen molar-refractivity contribution in [3.05, 3.63) is 36.1 Å². The topological polar surface area (TPSA) is 108 Å². The zero-order chi connectivity index (χ0) is 20.1. The molecule has 1 aromatic heterocycles. The number of amides is 2. The minimum absolute atomic E-state index is 0.0547. The van der Waals surface area contributed by atoms with Crippen LogP contribution >= 0.6 is 0 Å². The quantitative estimate of drug-likeness (QED) is 0.659. The lowest BCUT2D eigenvalue weighted by Crippen LogP contribution is -2.48. The smallest absolute Gasteiger partial charge is 0.242 e. The first-order valence-electron chi connectivity index (χ1n) is 9.55. The number of rotatable bonds is 6. The lowest BCUT2D eigenvalue weighted by atomic mass is 9.94. The Hall–Kier alpha value is -2.87. The van der Waals surface area contributed by atoms with E-state index in [9.17, 15) is 14.7 Å². The van der Waals surface area contributed by atoms with Gasteiger partial charge in [0.15, 0.2) is 5.82 Å². The van der Waals surface area contributed by atoms with Crippen LogP contribution < -0.4 is 10.6 Å². The summed E-state index contributed by atoms with van der Waals surface area (Å²) in [5, 5.41) is 19.2. The van der Waals surface area contributed by atoms with Gasteiger partial charge in [-0.2, -0.15) is 0 Å². The van der Waals surface area contributed by atoms with Gasteiger partial charge in [-0.05, 0) is 51.4 Å². The molecule has 0 spiro atoms. The van der Waals surface area contributed by atoms with E-state index in [4.69, 9.17) is 4.52 Å². The van der Waals surface area contributed by atoms with E-state index in [1.807, 2.05) is 6.92 Å². The zero-order valence-electron chi connectivity index (χ0n) is 16.1. The molecule has 2 heterocycles. The van der Waals surface area contributed by atoms with E-state index in [2.05, 4.69) is 20.7 Å². The molecular formula is C20H26N4O4. The molecule has 0 unspecified atom stereocenters. The Morgan fingerprint density at radius 2 is 2.00 bits per heavy atom. The SMILES string of the molecule is CC[C@@H](C(=O)Nc1cc(C)on1)N1CCC(C(=O)Nc2ccccc2O)CC1. The van der Waals surface area contributed by atoms with E-state index in [1.54, 1.807) is 37.3 Å². The van der Waals surface area contributed by atoms with Gasteiger partial charge in [-0.15, -0.1) is 0 Å². The van der Waals surface area contributed by atoms with Gasteiger partial charge in [-0.1, -0.05) is 24.2 Å². The molecule has 2 amide bonds. The van der Waals surface area contributed by atoms with Crippen molar-refractivity contribution in [3.63, 3.8) is 0 Å². The van der Waals surface area contributed by atoms with E-state index in [0.29, 0.717) is 49.6 Å². The molecule has 1 aliphatic heterocycles. The molecule has 150 valence electrons. The number of phenolic OH excluding ortho intramolecular Hbond substituents is 1. The van der Waals surface area contributed by atoms with Crippen molar-refractivity contribution in [2.24, 2.45) is 5.92 Å². The second-order valence-corrected chi connectivity index (χ2v) is 7.05. The first-order valence-corrected chi connectivity index (χ1v) is 9.55. The molecule has 1 fully saturated rings. The Morgan fingerprint density at radius 1 is 1.29 bits per heavy atom. The van der Waals surface area contributed by atoms with Gasteiger partial charge in [0.05, 0.1) is 11.7 Å². The molecule has 0 aliphatic carbocycles. The molecule has 1 aliphatic rings. The van der Waals surface area contributed by atoms with Crippen LogP contribution in [0, 0.1) is 12.8 Å². The van der Waals surface area contributed by atoms with Gasteiger partial charge >= 0.3 is 0 Å². The summed E-state index contributed by atoms with van der Waals surface area (Å²) in [7, 11) is 0. The number of nitrogens with one attached hydrogen (secondary N) is 2. The molecule has 0 bridgehead atoms. The fraction of sp³-hybridized carbons (Fsp3) is 0.450. The lowest BCUT2D eigenvalue weighted by molar-refractivity contribution is -0.123. The molecule has 28 heavy (non-hydrogen) atoms. The summed E-state index contributed by atoms with van der Waals surface area (Å²) in [5.41, 5.74) is 0.420. The Labute approximate surface area is 163 Å². The van der Waals surface area contributed by atoms with E-state index in [-0.39, 0.29) is 29.5 Å². The van der Waals surface area contributed by atoms with Gasteiger partial charge in [0.2, 0.25) is 11.8 Å². The largest absolute Gasteiger partial charge is 0.506 e. The third-order valence-corrected chi connectivity index (χ3v) is 5.07. The van der Waals surface area contributed by atoms with Crippen molar-refractivity contribution in [1.29, 1.82) is 0 Å². The van der Waals surface area contributed by atoms with Gasteiger partial charge in [-0.25, -0.2) is 0 Å². The molecule has 8 nitrogen and oxygen atoms in total. The van der Waals surface area contributed by atoms with Crippen LogP contribution in [0.5, 0.6) is 5.75 Å². The van der Waals surface area contributed by atoms with Crippen LogP contribution in [-0.4, -0.2) is 46.1 Å². The number of carbonyl (C=O) groups excluding carboxylic acids is 2. The number of para-hydroxylation sites is 2. The Balaban J connectivity index is 1.53. The Kier molecular flexibility index (Phi) is 6.30. The van der Waals surface area contributed by atoms with Gasteiger partial charge in [0.25, 0.3) is 0 Å². The third-order valence-electron chi connectivity index (χ3n) is 5.07. The number of phenols is 1. The first-order chi connectivity index (χ1) is 13.5. The average Bonchev–Trinajstić information content (AvgIpc) is 3.09. The summed E-state index contributed by atoms with van der Waals surface area (Å²) in [4.78, 5) is 27.2. The number of nitrogens with zero attached hydrogens (tertiary/aromatic N) is 2. The number of aromatic nitrogens is 1. The van der Waals surface area contributed by atoms with E-state index < -0.39 is 0 Å². The molecule has 8 heteroatoms. The predicted molar refractivity (Wildman–Crippen MR) is 105 cm³/mol. The second kappa shape index (κ2) is 8.88. The molecule has 2 aromatic rings. The van der Waals surface area contributed by atoms with Gasteiger partial charge < -0.3 is 20.3 Å². The van der Waals surface area contributed by atoms with Crippen molar-refractivity contribution in [1.82, 2.24) is 10.1 Å². The molecule has 1 saturated heterocycles. The second-order valence-electron chi connectivity index (χ2n) is 7.05. The fourth-order valence-corrected chi connectivity index (χ4v) is 3.53. The molecule has 0 radical (unpaired) electrons. The van der Waals surface area contributed by atoms with Crippen molar-refractivity contribution < 1.29 is 19.2 Å². The van der Waals surface area contributed by atoms with Crippen LogP contribution in [0.4, 0.5) is 11.5 Å². The zero-order valence-corrected chi connectivity index (χ0v) is 16.1. The van der Waals surface area contributed by atoms with Crippen molar-refractivity contribution >= 4 is 23.3 Å². The predicted octanol–water partition coefficient (Wildman–Crippen LogP) is 2.76. The minimum Gasteiger partial charge on any atom is -0.506 e. The maximum Gasteiger partial charge on any atom is 0.242 e. The summed E-state index contributed by atoms with van der Waals surface area (Å²) in [5.74, 6) is 0.746. The highest BCUT2D eigenvalue weighted by molar-refractivity contribution is 5.95. The molecule has 1 atom stereocenters. The highest BCUT2D eigenvalue weighted by Gasteiger charge is 2.31. The van der Waals surface area contributed by atoms with Gasteiger partial charge in [0, 0.05) is 12.0 Å². The van der Waals surface area contributed by atoms with Crippen molar-refractivity contribution in [2.45, 2.75) is 39.2 Å². The summed E-state index contributed by atoms with van der Waals surface area (Å²) < 4.78 is 4.98. The summed E-state index contributed by atoms with van der Waals surface area (Å²) in [6, 6.07) is 8.09. The summed E-state index contributed by atoms with van der Waals surface area (Å²) >= 11 is 0. The lowest BCUT2D eigenvalue weighted by Gasteiger charge is -2.35. The van der Waals surface area contributed by atoms with Crippen LogP contribution in [0.25, 0.3) is 0 Å². The van der Waals surface area contributed by atoms with E-state index in [1.165, 1.54) is 0 Å². The van der Waals surface area contributed by atoms with Gasteiger partial charge in [-0.3, -0.25) is 14.5 Å². The van der Waals surface area contributed by atoms with Gasteiger partial charge in [0.1, 0.15) is 11.5 Å². The number of piperidine rings is 1. The third kappa shape index (κ3) is 4.69. The number of hydrogen-bond acceptors (Lipinski definition) is 6. The standard InChI is InChI=1S/C20H26N4O4/c1-3-16(20(27)22-18-12-13(2)28-23-18)24-10-8-14(9-11-24)19(26)21-15-6-4-5-7-17(15)25/h4-7,12,14,16,25H,3,8-11H2,1-2H3,(H,21,26)(H,22,23,27)/t16-/m0/s1.